The first kappa shape index (κ1) is 13.6. The van der Waals surface area contributed by atoms with Crippen LogP contribution in [0.15, 0.2) is 12.1 Å². The lowest BCUT2D eigenvalue weighted by Crippen LogP contribution is -2.38. The molecule has 2 fully saturated rings. The first-order valence-corrected chi connectivity index (χ1v) is 7.97. The van der Waals surface area contributed by atoms with Gasteiger partial charge in [0.25, 0.3) is 0 Å². The summed E-state index contributed by atoms with van der Waals surface area (Å²) in [6.45, 7) is 3.75. The fourth-order valence-corrected chi connectivity index (χ4v) is 4.47. The van der Waals surface area contributed by atoms with Crippen LogP contribution >= 0.6 is 22.9 Å². The van der Waals surface area contributed by atoms with Gasteiger partial charge < -0.3 is 5.11 Å². The van der Waals surface area contributed by atoms with Gasteiger partial charge in [-0.3, -0.25) is 9.69 Å². The van der Waals surface area contributed by atoms with Crippen LogP contribution < -0.4 is 0 Å². The zero-order chi connectivity index (χ0) is 13.6. The maximum Gasteiger partial charge on any atom is 0.189 e. The second-order valence-electron chi connectivity index (χ2n) is 5.67. The summed E-state index contributed by atoms with van der Waals surface area (Å²) in [5, 5.41) is 9.93. The smallest absolute Gasteiger partial charge is 0.189 e. The average Bonchev–Trinajstić information content (AvgIpc) is 3.06. The minimum atomic E-state index is -0.173. The first-order valence-electron chi connectivity index (χ1n) is 6.78. The molecule has 1 saturated heterocycles. The number of carbonyl (C=O) groups is 1. The number of hydrogen-bond acceptors (Lipinski definition) is 4. The summed E-state index contributed by atoms with van der Waals surface area (Å²) in [7, 11) is 0. The first-order chi connectivity index (χ1) is 9.06. The van der Waals surface area contributed by atoms with Crippen LogP contribution in [-0.2, 0) is 0 Å². The molecular formula is C14H18ClNO2S. The number of aliphatic hydroxyl groups is 1. The summed E-state index contributed by atoms with van der Waals surface area (Å²) >= 11 is 7.23. The Bertz CT molecular complexity index is 490. The Morgan fingerprint density at radius 3 is 2.89 bits per heavy atom. The number of nitrogens with zero attached hydrogens (tertiary/aromatic N) is 1. The van der Waals surface area contributed by atoms with Gasteiger partial charge in [-0.2, -0.15) is 0 Å². The molecule has 1 N–H and O–H groups in total. The van der Waals surface area contributed by atoms with Gasteiger partial charge in [0, 0.05) is 19.0 Å². The average molecular weight is 300 g/mol. The minimum absolute atomic E-state index is 0.118. The number of thiophene rings is 1. The predicted molar refractivity (Wildman–Crippen MR) is 76.9 cm³/mol. The van der Waals surface area contributed by atoms with Crippen LogP contribution in [0.4, 0.5) is 0 Å². The molecule has 0 aromatic carbocycles. The monoisotopic (exact) mass is 299 g/mol. The number of Topliss-reactive ketones (excluding diaryl/α,β-unsaturated/α-hetero) is 1. The molecule has 2 aliphatic rings. The molecule has 4 unspecified atom stereocenters. The van der Waals surface area contributed by atoms with E-state index in [2.05, 4.69) is 4.90 Å². The summed E-state index contributed by atoms with van der Waals surface area (Å²) in [6.07, 6.45) is 1.84. The van der Waals surface area contributed by atoms with Crippen LogP contribution in [0.25, 0.3) is 0 Å². The lowest BCUT2D eigenvalue weighted by molar-refractivity contribution is 0.0830. The van der Waals surface area contributed by atoms with Crippen molar-refractivity contribution in [3.05, 3.63) is 21.3 Å². The van der Waals surface area contributed by atoms with E-state index in [1.54, 1.807) is 12.1 Å². The van der Waals surface area contributed by atoms with Crippen molar-refractivity contribution in [1.29, 1.82) is 0 Å². The van der Waals surface area contributed by atoms with Gasteiger partial charge >= 0.3 is 0 Å². The van der Waals surface area contributed by atoms with E-state index < -0.39 is 0 Å². The van der Waals surface area contributed by atoms with Gasteiger partial charge in [-0.05, 0) is 37.8 Å². The Morgan fingerprint density at radius 1 is 1.47 bits per heavy atom. The van der Waals surface area contributed by atoms with Gasteiger partial charge in [-0.25, -0.2) is 0 Å². The molecule has 0 radical (unpaired) electrons. The Labute approximate surface area is 122 Å². The number of halogens is 1. The van der Waals surface area contributed by atoms with Crippen molar-refractivity contribution in [1.82, 2.24) is 4.90 Å². The van der Waals surface area contributed by atoms with E-state index in [4.69, 9.17) is 11.6 Å². The highest BCUT2D eigenvalue weighted by atomic mass is 35.5. The largest absolute Gasteiger partial charge is 0.393 e. The van der Waals surface area contributed by atoms with E-state index >= 15 is 0 Å². The number of aliphatic hydroxyl groups excluding tert-OH is 1. The minimum Gasteiger partial charge on any atom is -0.393 e. The number of fused-ring (bicyclic) bond motifs is 1. The summed E-state index contributed by atoms with van der Waals surface area (Å²) in [6, 6.07) is 3.46. The standard InChI is InChI=1S/C14H18ClNO2S/c1-8(14(18)12-4-5-13(15)19-12)16-6-9-2-3-11(17)10(9)7-16/h4-5,8-11,17H,2-3,6-7H2,1H3. The number of rotatable bonds is 3. The highest BCUT2D eigenvalue weighted by molar-refractivity contribution is 7.18. The van der Waals surface area contributed by atoms with Gasteiger partial charge in [0.05, 0.1) is 21.4 Å². The molecule has 4 atom stereocenters. The fraction of sp³-hybridized carbons (Fsp3) is 0.643. The van der Waals surface area contributed by atoms with Gasteiger partial charge in [0.2, 0.25) is 0 Å². The second-order valence-corrected chi connectivity index (χ2v) is 7.38. The Balaban J connectivity index is 1.68. The van der Waals surface area contributed by atoms with Gasteiger partial charge in [-0.1, -0.05) is 11.6 Å². The van der Waals surface area contributed by atoms with Crippen molar-refractivity contribution in [3.8, 4) is 0 Å². The molecule has 1 aliphatic carbocycles. The Morgan fingerprint density at radius 2 is 2.26 bits per heavy atom. The van der Waals surface area contributed by atoms with Crippen molar-refractivity contribution < 1.29 is 9.90 Å². The molecule has 5 heteroatoms. The zero-order valence-electron chi connectivity index (χ0n) is 10.9. The van der Waals surface area contributed by atoms with Crippen LogP contribution in [0.1, 0.15) is 29.4 Å². The molecule has 3 rings (SSSR count). The molecule has 0 amide bonds. The maximum absolute atomic E-state index is 12.4. The van der Waals surface area contributed by atoms with E-state index in [-0.39, 0.29) is 17.9 Å². The van der Waals surface area contributed by atoms with Gasteiger partial charge in [0.15, 0.2) is 5.78 Å². The molecule has 0 spiro atoms. The fourth-order valence-electron chi connectivity index (χ4n) is 3.41. The molecule has 3 nitrogen and oxygen atoms in total. The van der Waals surface area contributed by atoms with Crippen LogP contribution in [0.5, 0.6) is 0 Å². The molecule has 0 bridgehead atoms. The lowest BCUT2D eigenvalue weighted by Gasteiger charge is -2.24. The number of hydrogen-bond donors (Lipinski definition) is 1. The van der Waals surface area contributed by atoms with Crippen molar-refractivity contribution in [2.75, 3.05) is 13.1 Å². The SMILES string of the molecule is CC(C(=O)c1ccc(Cl)s1)N1CC2CCC(O)C2C1. The zero-order valence-corrected chi connectivity index (χ0v) is 12.5. The number of ketones is 1. The van der Waals surface area contributed by atoms with E-state index in [9.17, 15) is 9.90 Å². The normalized spacial score (nSPS) is 32.5. The van der Waals surface area contributed by atoms with E-state index in [0.29, 0.717) is 16.2 Å². The molecule has 1 aromatic heterocycles. The van der Waals surface area contributed by atoms with Gasteiger partial charge in [0.1, 0.15) is 0 Å². The van der Waals surface area contributed by atoms with Crippen LogP contribution in [0.2, 0.25) is 4.34 Å². The molecule has 1 aromatic rings. The predicted octanol–water partition coefficient (Wildman–Crippen LogP) is 2.68. The summed E-state index contributed by atoms with van der Waals surface area (Å²) in [5.41, 5.74) is 0. The van der Waals surface area contributed by atoms with Crippen LogP contribution in [-0.4, -0.2) is 41.0 Å². The second kappa shape index (κ2) is 5.17. The van der Waals surface area contributed by atoms with Gasteiger partial charge in [-0.15, -0.1) is 11.3 Å². The van der Waals surface area contributed by atoms with Crippen molar-refractivity contribution in [2.24, 2.45) is 11.8 Å². The Kier molecular flexibility index (Phi) is 3.69. The highest BCUT2D eigenvalue weighted by Gasteiger charge is 2.44. The molecular weight excluding hydrogens is 282 g/mol. The molecule has 2 heterocycles. The highest BCUT2D eigenvalue weighted by Crippen LogP contribution is 2.39. The Hall–Kier alpha value is -0.420. The molecule has 104 valence electrons. The molecule has 1 saturated carbocycles. The van der Waals surface area contributed by atoms with E-state index in [1.807, 2.05) is 6.92 Å². The van der Waals surface area contributed by atoms with E-state index in [0.717, 1.165) is 30.8 Å². The third kappa shape index (κ3) is 2.47. The summed E-state index contributed by atoms with van der Waals surface area (Å²) in [5.74, 6) is 1.07. The summed E-state index contributed by atoms with van der Waals surface area (Å²) in [4.78, 5) is 15.3. The third-order valence-corrected chi connectivity index (χ3v) is 5.84. The number of carbonyl (C=O) groups excluding carboxylic acids is 1. The van der Waals surface area contributed by atoms with Crippen molar-refractivity contribution in [2.45, 2.75) is 31.9 Å². The quantitative estimate of drug-likeness (QED) is 0.873. The number of likely N-dealkylation sites (tertiary alicyclic amines) is 1. The molecule has 19 heavy (non-hydrogen) atoms. The lowest BCUT2D eigenvalue weighted by atomic mass is 10.00. The molecule has 1 aliphatic heterocycles. The van der Waals surface area contributed by atoms with Crippen LogP contribution in [0, 0.1) is 11.8 Å². The van der Waals surface area contributed by atoms with Crippen LogP contribution in [0.3, 0.4) is 0 Å². The van der Waals surface area contributed by atoms with Crippen molar-refractivity contribution in [3.63, 3.8) is 0 Å². The van der Waals surface area contributed by atoms with Crippen molar-refractivity contribution >= 4 is 28.7 Å². The maximum atomic E-state index is 12.4. The topological polar surface area (TPSA) is 40.5 Å². The third-order valence-electron chi connectivity index (χ3n) is 4.59. The summed E-state index contributed by atoms with van der Waals surface area (Å²) < 4.78 is 0.657. The van der Waals surface area contributed by atoms with E-state index in [1.165, 1.54) is 11.3 Å².